The first-order chi connectivity index (χ1) is 18.7. The molecule has 4 rings (SSSR count). The number of carbonyl (C=O) groups is 2. The molecule has 0 aromatic heterocycles. The van der Waals surface area contributed by atoms with Crippen LogP contribution in [0, 0.1) is 13.8 Å². The van der Waals surface area contributed by atoms with Gasteiger partial charge in [0.2, 0.25) is 0 Å². The van der Waals surface area contributed by atoms with Gasteiger partial charge in [-0.05, 0) is 53.6 Å². The van der Waals surface area contributed by atoms with E-state index in [-0.39, 0.29) is 62.3 Å². The molecule has 0 amide bonds. The summed E-state index contributed by atoms with van der Waals surface area (Å²) in [4.78, 5) is 23.5. The molecule has 0 saturated carbocycles. The molecule has 0 unspecified atom stereocenters. The van der Waals surface area contributed by atoms with E-state index in [1.165, 1.54) is 6.07 Å². The van der Waals surface area contributed by atoms with Crippen LogP contribution in [0.3, 0.4) is 0 Å². The molecule has 0 spiro atoms. The summed E-state index contributed by atoms with van der Waals surface area (Å²) < 4.78 is 5.32. The van der Waals surface area contributed by atoms with Crippen molar-refractivity contribution in [1.82, 2.24) is 0 Å². The second-order valence-corrected chi connectivity index (χ2v) is 10.6. The number of phenols is 5. The summed E-state index contributed by atoms with van der Waals surface area (Å²) in [5, 5.41) is 65.6. The minimum absolute atomic E-state index is 0.0350. The Hall–Kier alpha value is -4.66. The largest absolute Gasteiger partial charge is 0.507 e. The van der Waals surface area contributed by atoms with Gasteiger partial charge in [0.25, 0.3) is 0 Å². The summed E-state index contributed by atoms with van der Waals surface area (Å²) in [6.45, 7) is 9.90. The van der Waals surface area contributed by atoms with E-state index in [0.29, 0.717) is 39.3 Å². The molecule has 6 N–H and O–H groups in total. The molecule has 40 heavy (non-hydrogen) atoms. The number of hydrogen-bond donors (Lipinski definition) is 6. The van der Waals surface area contributed by atoms with E-state index in [2.05, 4.69) is 0 Å². The van der Waals surface area contributed by atoms with Crippen LogP contribution in [-0.4, -0.2) is 49.5 Å². The summed E-state index contributed by atoms with van der Waals surface area (Å²) in [5.74, 6) is -3.85. The van der Waals surface area contributed by atoms with Crippen molar-refractivity contribution in [3.63, 3.8) is 0 Å². The smallest absolute Gasteiger partial charge is 0.341 e. The first kappa shape index (κ1) is 28.4. The number of aromatic hydroxyl groups is 5. The number of rotatable bonds is 7. The van der Waals surface area contributed by atoms with Crippen LogP contribution in [0.25, 0.3) is 32.7 Å². The quantitative estimate of drug-likeness (QED) is 0.114. The molecule has 0 atom stereocenters. The summed E-state index contributed by atoms with van der Waals surface area (Å²) in [6.07, 6.45) is 0.380. The second kappa shape index (κ2) is 10.1. The Kier molecular flexibility index (Phi) is 7.19. The minimum atomic E-state index is -1.32. The van der Waals surface area contributed by atoms with Crippen LogP contribution in [0.15, 0.2) is 18.2 Å². The molecule has 0 saturated heterocycles. The molecule has 0 bridgehead atoms. The minimum Gasteiger partial charge on any atom is -0.507 e. The van der Waals surface area contributed by atoms with Gasteiger partial charge >= 0.3 is 5.97 Å². The summed E-state index contributed by atoms with van der Waals surface area (Å²) >= 11 is 0. The average Bonchev–Trinajstić information content (AvgIpc) is 2.85. The molecule has 0 radical (unpaired) electrons. The van der Waals surface area contributed by atoms with E-state index in [1.54, 1.807) is 39.8 Å². The maximum absolute atomic E-state index is 12.3. The number of benzene rings is 4. The fourth-order valence-electron chi connectivity index (χ4n) is 5.62. The Balaban J connectivity index is 2.19. The second-order valence-electron chi connectivity index (χ2n) is 10.6. The van der Waals surface area contributed by atoms with Gasteiger partial charge in [-0.3, -0.25) is 4.79 Å². The van der Waals surface area contributed by atoms with E-state index < -0.39 is 24.1 Å². The van der Waals surface area contributed by atoms with Gasteiger partial charge in [0, 0.05) is 33.0 Å². The SMILES string of the molecule is Cc1cc2c(C(C)C)c(O)c(O)cc2c(O)c1-c1c(C)cc2c(C(C)C)c(O)c(OCC(=O)O)c(C=O)c2c1O. The Bertz CT molecular complexity index is 1720. The number of carboxylic acid groups (broad SMARTS) is 1. The topological polar surface area (TPSA) is 165 Å². The van der Waals surface area contributed by atoms with E-state index in [4.69, 9.17) is 9.84 Å². The van der Waals surface area contributed by atoms with E-state index >= 15 is 0 Å². The number of phenolic OH excluding ortho intramolecular Hbond substituents is 5. The first-order valence-electron chi connectivity index (χ1n) is 12.8. The van der Waals surface area contributed by atoms with Crippen molar-refractivity contribution in [2.75, 3.05) is 6.61 Å². The van der Waals surface area contributed by atoms with Gasteiger partial charge in [0.15, 0.2) is 35.9 Å². The van der Waals surface area contributed by atoms with Gasteiger partial charge in [0.05, 0.1) is 5.56 Å². The van der Waals surface area contributed by atoms with Crippen molar-refractivity contribution >= 4 is 33.8 Å². The molecule has 4 aromatic carbocycles. The van der Waals surface area contributed by atoms with Crippen LogP contribution in [-0.2, 0) is 4.79 Å². The lowest BCUT2D eigenvalue weighted by molar-refractivity contribution is -0.139. The van der Waals surface area contributed by atoms with E-state index in [1.807, 2.05) is 13.8 Å². The van der Waals surface area contributed by atoms with Crippen LogP contribution in [0.5, 0.6) is 34.5 Å². The lowest BCUT2D eigenvalue weighted by Gasteiger charge is -2.23. The van der Waals surface area contributed by atoms with Crippen LogP contribution in [0.4, 0.5) is 0 Å². The number of aliphatic carboxylic acids is 1. The number of aldehydes is 1. The van der Waals surface area contributed by atoms with Crippen molar-refractivity contribution in [3.05, 3.63) is 46.0 Å². The number of carbonyl (C=O) groups excluding carboxylic acids is 1. The standard InChI is InChI=1S/C31H32O9/c1-12(2)22-16-7-14(5)24(27(36)17(16)9-20(33)28(22)37)25-15(6)8-18-23(13(3)4)30(39)31(40-11-21(34)35)19(10-32)26(18)29(25)38/h7-10,12-13,33,36-39H,11H2,1-6H3,(H,34,35). The number of aryl methyl sites for hydroxylation is 2. The summed E-state index contributed by atoms with van der Waals surface area (Å²) in [6, 6.07) is 4.69. The van der Waals surface area contributed by atoms with Crippen LogP contribution in [0.1, 0.15) is 72.1 Å². The number of hydrogen-bond acceptors (Lipinski definition) is 8. The molecular weight excluding hydrogens is 516 g/mol. The zero-order valence-electron chi connectivity index (χ0n) is 23.1. The van der Waals surface area contributed by atoms with Crippen molar-refractivity contribution in [3.8, 4) is 45.6 Å². The normalized spacial score (nSPS) is 11.6. The van der Waals surface area contributed by atoms with Crippen molar-refractivity contribution in [2.24, 2.45) is 0 Å². The van der Waals surface area contributed by atoms with Gasteiger partial charge in [-0.25, -0.2) is 4.79 Å². The third-order valence-corrected chi connectivity index (χ3v) is 7.24. The zero-order chi connectivity index (χ0) is 29.8. The highest BCUT2D eigenvalue weighted by molar-refractivity contribution is 6.12. The molecule has 0 aliphatic rings. The highest BCUT2D eigenvalue weighted by Gasteiger charge is 2.29. The average molecular weight is 549 g/mol. The van der Waals surface area contributed by atoms with Crippen LogP contribution >= 0.6 is 0 Å². The predicted octanol–water partition coefficient (Wildman–Crippen LogP) is 6.33. The van der Waals surface area contributed by atoms with Crippen LogP contribution < -0.4 is 4.74 Å². The van der Waals surface area contributed by atoms with Crippen molar-refractivity contribution < 1.29 is 45.0 Å². The third-order valence-electron chi connectivity index (χ3n) is 7.24. The molecule has 0 aliphatic carbocycles. The monoisotopic (exact) mass is 548 g/mol. The highest BCUT2D eigenvalue weighted by atomic mass is 16.5. The lowest BCUT2D eigenvalue weighted by Crippen LogP contribution is -2.12. The maximum atomic E-state index is 12.3. The van der Waals surface area contributed by atoms with E-state index in [0.717, 1.165) is 0 Å². The zero-order valence-corrected chi connectivity index (χ0v) is 23.1. The van der Waals surface area contributed by atoms with Gasteiger partial charge in [-0.1, -0.05) is 39.8 Å². The number of fused-ring (bicyclic) bond motifs is 2. The molecule has 9 nitrogen and oxygen atoms in total. The fourth-order valence-corrected chi connectivity index (χ4v) is 5.62. The molecule has 0 fully saturated rings. The molecule has 210 valence electrons. The predicted molar refractivity (Wildman–Crippen MR) is 151 cm³/mol. The Morgan fingerprint density at radius 3 is 1.82 bits per heavy atom. The maximum Gasteiger partial charge on any atom is 0.341 e. The van der Waals surface area contributed by atoms with Crippen molar-refractivity contribution in [2.45, 2.75) is 53.4 Å². The first-order valence-corrected chi connectivity index (χ1v) is 12.8. The fraction of sp³-hybridized carbons (Fsp3) is 0.290. The van der Waals surface area contributed by atoms with Crippen LogP contribution in [0.2, 0.25) is 0 Å². The van der Waals surface area contributed by atoms with Gasteiger partial charge in [-0.2, -0.15) is 0 Å². The Morgan fingerprint density at radius 2 is 1.30 bits per heavy atom. The van der Waals surface area contributed by atoms with Gasteiger partial charge in [-0.15, -0.1) is 0 Å². The highest BCUT2D eigenvalue weighted by Crippen LogP contribution is 2.53. The molecule has 0 heterocycles. The summed E-state index contributed by atoms with van der Waals surface area (Å²) in [7, 11) is 0. The number of carboxylic acids is 1. The lowest BCUT2D eigenvalue weighted by atomic mass is 9.84. The van der Waals surface area contributed by atoms with Gasteiger partial charge < -0.3 is 35.4 Å². The van der Waals surface area contributed by atoms with Gasteiger partial charge in [0.1, 0.15) is 11.5 Å². The Morgan fingerprint density at radius 1 is 0.775 bits per heavy atom. The molecule has 0 aliphatic heterocycles. The summed E-state index contributed by atoms with van der Waals surface area (Å²) in [5.41, 5.74) is 2.09. The molecular formula is C31H32O9. The number of ether oxygens (including phenoxy) is 1. The van der Waals surface area contributed by atoms with Crippen molar-refractivity contribution in [1.29, 1.82) is 0 Å². The molecule has 4 aromatic rings. The molecule has 9 heteroatoms. The third kappa shape index (κ3) is 4.27. The Labute approximate surface area is 230 Å². The van der Waals surface area contributed by atoms with E-state index in [9.17, 15) is 35.1 Å².